The van der Waals surface area contributed by atoms with Gasteiger partial charge in [-0.1, -0.05) is 27.2 Å². The summed E-state index contributed by atoms with van der Waals surface area (Å²) in [4.78, 5) is 0. The van der Waals surface area contributed by atoms with E-state index in [0.717, 1.165) is 0 Å². The third kappa shape index (κ3) is 3.09. The van der Waals surface area contributed by atoms with Gasteiger partial charge in [0.15, 0.2) is 0 Å². The van der Waals surface area contributed by atoms with Crippen LogP contribution in [0.1, 0.15) is 6.92 Å². The molecule has 0 aromatic heterocycles. The summed E-state index contributed by atoms with van der Waals surface area (Å²) in [5, 5.41) is 2.20. The van der Waals surface area contributed by atoms with Crippen LogP contribution < -0.4 is 0 Å². The van der Waals surface area contributed by atoms with Crippen molar-refractivity contribution in [1.82, 2.24) is 0 Å². The molecule has 0 bridgehead atoms. The van der Waals surface area contributed by atoms with E-state index in [-0.39, 0.29) is 29.6 Å². The van der Waals surface area contributed by atoms with Crippen LogP contribution >= 0.6 is 21.6 Å². The normalized spacial score (nSPS) is 18.1. The second-order valence-corrected chi connectivity index (χ2v) is 3.56. The summed E-state index contributed by atoms with van der Waals surface area (Å²) in [6.45, 7) is 2.16. The van der Waals surface area contributed by atoms with Gasteiger partial charge in [-0.05, 0) is 12.3 Å². The van der Waals surface area contributed by atoms with Crippen LogP contribution in [0.4, 0.5) is 0 Å². The van der Waals surface area contributed by atoms with Crippen molar-refractivity contribution in [3.05, 3.63) is 11.0 Å². The Balaban J connectivity index is 0.000000360. The maximum Gasteiger partial charge on any atom is 0.0256 e. The maximum atomic E-state index is 2.20. The van der Waals surface area contributed by atoms with Gasteiger partial charge in [-0.3, -0.25) is 0 Å². The van der Waals surface area contributed by atoms with E-state index >= 15 is 0 Å². The van der Waals surface area contributed by atoms with Crippen LogP contribution in [0.5, 0.6) is 0 Å². The van der Waals surface area contributed by atoms with Gasteiger partial charge in [0.05, 0.1) is 0 Å². The first-order valence-electron chi connectivity index (χ1n) is 1.83. The van der Waals surface area contributed by atoms with Crippen molar-refractivity contribution in [2.24, 2.45) is 0 Å². The first-order chi connectivity index (χ1) is 2.89. The molecule has 1 rings (SSSR count). The summed E-state index contributed by atoms with van der Waals surface area (Å²) < 4.78 is 0. The predicted octanol–water partition coefficient (Wildman–Crippen LogP) is 1.90. The monoisotopic (exact) mass is 141 g/mol. The topological polar surface area (TPSA) is 0 Å². The molecule has 0 atom stereocenters. The largest absolute Gasteiger partial charge is 0.0851 e. The summed E-state index contributed by atoms with van der Waals surface area (Å²) in [7, 11) is 3.74. The molecule has 1 radical (unpaired) electrons. The third-order valence-corrected chi connectivity index (χ3v) is 2.86. The first kappa shape index (κ1) is 8.44. The Morgan fingerprint density at radius 2 is 2.43 bits per heavy atom. The molecule has 7 heavy (non-hydrogen) atoms. The van der Waals surface area contributed by atoms with Gasteiger partial charge in [-0.2, -0.15) is 0 Å². The van der Waals surface area contributed by atoms with Gasteiger partial charge in [0.25, 0.3) is 0 Å². The molecule has 0 saturated carbocycles. The summed E-state index contributed by atoms with van der Waals surface area (Å²) in [6, 6.07) is 0. The van der Waals surface area contributed by atoms with Crippen molar-refractivity contribution >= 4 is 51.1 Å². The van der Waals surface area contributed by atoms with Gasteiger partial charge < -0.3 is 0 Å². The average molecular weight is 141 g/mol. The fourth-order valence-electron chi connectivity index (χ4n) is 0.277. The van der Waals surface area contributed by atoms with Gasteiger partial charge in [0, 0.05) is 35.3 Å². The Labute approximate surface area is 74.2 Å². The van der Waals surface area contributed by atoms with Gasteiger partial charge in [-0.25, -0.2) is 0 Å². The summed E-state index contributed by atoms with van der Waals surface area (Å²) >= 11 is 0. The van der Waals surface area contributed by atoms with E-state index in [1.807, 2.05) is 21.6 Å². The molecular weight excluding hydrogens is 135 g/mol. The Morgan fingerprint density at radius 1 is 1.71 bits per heavy atom. The van der Waals surface area contributed by atoms with Crippen molar-refractivity contribution in [2.75, 3.05) is 5.75 Å². The van der Waals surface area contributed by atoms with E-state index < -0.39 is 0 Å². The molecule has 1 heterocycles. The van der Waals surface area contributed by atoms with E-state index in [1.165, 1.54) is 11.3 Å². The molecule has 0 spiro atoms. The quantitative estimate of drug-likeness (QED) is 0.373. The molecule has 35 valence electrons. The fourth-order valence-corrected chi connectivity index (χ4v) is 2.49. The van der Waals surface area contributed by atoms with Crippen molar-refractivity contribution in [3.63, 3.8) is 0 Å². The van der Waals surface area contributed by atoms with Crippen molar-refractivity contribution in [3.8, 4) is 0 Å². The molecule has 0 N–H and O–H groups in total. The molecule has 0 aliphatic carbocycles. The molecule has 0 saturated heterocycles. The number of hydrogen-bond acceptors (Lipinski definition) is 2. The van der Waals surface area contributed by atoms with Crippen LogP contribution in [-0.4, -0.2) is 35.3 Å². The molecule has 0 amide bonds. The zero-order valence-electron chi connectivity index (χ0n) is 4.60. The molecule has 0 fully saturated rings. The molecule has 0 aromatic rings. The number of hydrogen-bond donors (Lipinski definition) is 0. The van der Waals surface area contributed by atoms with E-state index in [9.17, 15) is 0 Å². The molecule has 0 aromatic carbocycles. The summed E-state index contributed by atoms with van der Waals surface area (Å²) in [5.74, 6) is 1.23. The molecule has 0 unspecified atom stereocenters. The number of rotatable bonds is 0. The van der Waals surface area contributed by atoms with Gasteiger partial charge in [-0.15, -0.1) is 0 Å². The molecular formula is C4H6NaS2. The van der Waals surface area contributed by atoms with Crippen LogP contribution in [0, 0.1) is 0 Å². The Morgan fingerprint density at radius 3 is 2.57 bits per heavy atom. The minimum Gasteiger partial charge on any atom is -0.0851 e. The molecule has 1 aliphatic rings. The SMILES string of the molecule is CC1=CSSC1.[Na]. The summed E-state index contributed by atoms with van der Waals surface area (Å²) in [5.41, 5.74) is 1.50. The summed E-state index contributed by atoms with van der Waals surface area (Å²) in [6.07, 6.45) is 0. The zero-order valence-corrected chi connectivity index (χ0v) is 8.23. The standard InChI is InChI=1S/C4H6S2.Na/c1-4-2-5-6-3-4;/h2H,3H2,1H3;. The fraction of sp³-hybridized carbons (Fsp3) is 0.500. The van der Waals surface area contributed by atoms with Crippen molar-refractivity contribution in [1.29, 1.82) is 0 Å². The molecule has 3 heteroatoms. The van der Waals surface area contributed by atoms with E-state index in [0.29, 0.717) is 0 Å². The smallest absolute Gasteiger partial charge is 0.0256 e. The maximum absolute atomic E-state index is 2.20. The minimum absolute atomic E-state index is 0. The minimum atomic E-state index is 0. The van der Waals surface area contributed by atoms with E-state index in [1.54, 1.807) is 0 Å². The van der Waals surface area contributed by atoms with Crippen LogP contribution in [0.15, 0.2) is 11.0 Å². The molecule has 1 aliphatic heterocycles. The van der Waals surface area contributed by atoms with Crippen LogP contribution in [0.25, 0.3) is 0 Å². The van der Waals surface area contributed by atoms with Gasteiger partial charge in [0.2, 0.25) is 0 Å². The second-order valence-electron chi connectivity index (χ2n) is 1.32. The Bertz CT molecular complexity index is 79.8. The van der Waals surface area contributed by atoms with Crippen LogP contribution in [-0.2, 0) is 0 Å². The van der Waals surface area contributed by atoms with Gasteiger partial charge >= 0.3 is 0 Å². The predicted molar refractivity (Wildman–Crippen MR) is 39.6 cm³/mol. The van der Waals surface area contributed by atoms with Crippen LogP contribution in [0.2, 0.25) is 0 Å². The Kier molecular flexibility index (Phi) is 5.22. The third-order valence-electron chi connectivity index (χ3n) is 0.604. The van der Waals surface area contributed by atoms with E-state index in [4.69, 9.17) is 0 Å². The van der Waals surface area contributed by atoms with Crippen molar-refractivity contribution < 1.29 is 0 Å². The van der Waals surface area contributed by atoms with Crippen molar-refractivity contribution in [2.45, 2.75) is 6.92 Å². The molecule has 0 nitrogen and oxygen atoms in total. The Hall–Kier alpha value is 1.44. The first-order valence-corrected chi connectivity index (χ1v) is 4.22. The van der Waals surface area contributed by atoms with E-state index in [2.05, 4.69) is 12.3 Å². The second kappa shape index (κ2) is 4.33. The van der Waals surface area contributed by atoms with Gasteiger partial charge in [0.1, 0.15) is 0 Å². The van der Waals surface area contributed by atoms with Crippen LogP contribution in [0.3, 0.4) is 0 Å². The average Bonchev–Trinajstić information content (AvgIpc) is 1.86. The zero-order chi connectivity index (χ0) is 4.41.